The highest BCUT2D eigenvalue weighted by molar-refractivity contribution is 9.10. The molecule has 0 aliphatic carbocycles. The fourth-order valence-electron chi connectivity index (χ4n) is 2.02. The van der Waals surface area contributed by atoms with Gasteiger partial charge in [0.25, 0.3) is 0 Å². The molecule has 0 unspecified atom stereocenters. The molecule has 0 bridgehead atoms. The Kier molecular flexibility index (Phi) is 4.10. The van der Waals surface area contributed by atoms with Gasteiger partial charge in [0.15, 0.2) is 5.16 Å². The zero-order valence-corrected chi connectivity index (χ0v) is 13.4. The van der Waals surface area contributed by atoms with Crippen LogP contribution in [-0.2, 0) is 6.54 Å². The Morgan fingerprint density at radius 3 is 2.85 bits per heavy atom. The van der Waals surface area contributed by atoms with E-state index in [4.69, 9.17) is 0 Å². The van der Waals surface area contributed by atoms with Crippen molar-refractivity contribution >= 4 is 38.7 Å². The van der Waals surface area contributed by atoms with E-state index in [1.165, 1.54) is 5.56 Å². The Morgan fingerprint density at radius 1 is 1.25 bits per heavy atom. The van der Waals surface area contributed by atoms with Gasteiger partial charge in [-0.1, -0.05) is 30.0 Å². The number of aromatic amines is 1. The van der Waals surface area contributed by atoms with Crippen molar-refractivity contribution in [3.63, 3.8) is 0 Å². The zero-order chi connectivity index (χ0) is 13.9. The number of imidazole rings is 1. The number of nitrogens with zero attached hydrogens (tertiary/aromatic N) is 1. The van der Waals surface area contributed by atoms with Gasteiger partial charge >= 0.3 is 0 Å². The summed E-state index contributed by atoms with van der Waals surface area (Å²) < 4.78 is 1.09. The van der Waals surface area contributed by atoms with Crippen molar-refractivity contribution in [3.05, 3.63) is 52.5 Å². The highest BCUT2D eigenvalue weighted by Crippen LogP contribution is 2.33. The topological polar surface area (TPSA) is 40.7 Å². The van der Waals surface area contributed by atoms with Crippen LogP contribution in [0.1, 0.15) is 5.56 Å². The number of H-pyrrole nitrogens is 1. The van der Waals surface area contributed by atoms with E-state index in [-0.39, 0.29) is 0 Å². The van der Waals surface area contributed by atoms with Crippen LogP contribution in [0.3, 0.4) is 0 Å². The third-order valence-electron chi connectivity index (χ3n) is 2.95. The molecule has 2 N–H and O–H groups in total. The third-order valence-corrected chi connectivity index (χ3v) is 4.83. The SMILES string of the molecule is CNCc1ccc(Sc2nc3ccccc3[nH]2)c(Br)c1. The normalized spacial score (nSPS) is 11.1. The number of hydrogen-bond acceptors (Lipinski definition) is 3. The Labute approximate surface area is 130 Å². The van der Waals surface area contributed by atoms with Gasteiger partial charge in [0.05, 0.1) is 11.0 Å². The van der Waals surface area contributed by atoms with Gasteiger partial charge in [-0.25, -0.2) is 4.98 Å². The number of fused-ring (bicyclic) bond motifs is 1. The lowest BCUT2D eigenvalue weighted by molar-refractivity contribution is 0.816. The van der Waals surface area contributed by atoms with E-state index in [1.54, 1.807) is 11.8 Å². The predicted octanol–water partition coefficient (Wildman–Crippen LogP) is 4.20. The molecule has 3 aromatic rings. The predicted molar refractivity (Wildman–Crippen MR) is 87.1 cm³/mol. The van der Waals surface area contributed by atoms with Crippen molar-refractivity contribution in [3.8, 4) is 0 Å². The number of nitrogens with one attached hydrogen (secondary N) is 2. The molecular weight excluding hydrogens is 334 g/mol. The molecule has 0 atom stereocenters. The summed E-state index contributed by atoms with van der Waals surface area (Å²) in [5.41, 5.74) is 3.32. The van der Waals surface area contributed by atoms with Crippen LogP contribution in [0.25, 0.3) is 11.0 Å². The Morgan fingerprint density at radius 2 is 2.10 bits per heavy atom. The van der Waals surface area contributed by atoms with Crippen LogP contribution in [0.5, 0.6) is 0 Å². The maximum Gasteiger partial charge on any atom is 0.171 e. The van der Waals surface area contributed by atoms with Crippen LogP contribution in [0.2, 0.25) is 0 Å². The molecule has 0 aliphatic rings. The van der Waals surface area contributed by atoms with Gasteiger partial charge < -0.3 is 10.3 Å². The van der Waals surface area contributed by atoms with E-state index in [0.29, 0.717) is 0 Å². The van der Waals surface area contributed by atoms with Gasteiger partial charge in [-0.05, 0) is 52.8 Å². The van der Waals surface area contributed by atoms with Gasteiger partial charge in [0.2, 0.25) is 0 Å². The molecule has 102 valence electrons. The first-order valence-corrected chi connectivity index (χ1v) is 7.93. The average Bonchev–Trinajstić information content (AvgIpc) is 2.84. The van der Waals surface area contributed by atoms with Crippen LogP contribution in [0, 0.1) is 0 Å². The lowest BCUT2D eigenvalue weighted by Crippen LogP contribution is -2.04. The van der Waals surface area contributed by atoms with Crippen molar-refractivity contribution in [2.24, 2.45) is 0 Å². The maximum atomic E-state index is 4.58. The Hall–Kier alpha value is -1.30. The summed E-state index contributed by atoms with van der Waals surface area (Å²) in [6.07, 6.45) is 0. The number of benzene rings is 2. The standard InChI is InChI=1S/C15H14BrN3S/c1-17-9-10-6-7-14(11(16)8-10)20-15-18-12-4-2-3-5-13(12)19-15/h2-8,17H,9H2,1H3,(H,18,19). The van der Waals surface area contributed by atoms with E-state index in [2.05, 4.69) is 49.4 Å². The van der Waals surface area contributed by atoms with Crippen molar-refractivity contribution in [2.45, 2.75) is 16.6 Å². The summed E-state index contributed by atoms with van der Waals surface area (Å²) in [7, 11) is 1.95. The quantitative estimate of drug-likeness (QED) is 0.743. The minimum absolute atomic E-state index is 0.869. The second kappa shape index (κ2) is 5.99. The van der Waals surface area contributed by atoms with Crippen LogP contribution >= 0.6 is 27.7 Å². The second-order valence-corrected chi connectivity index (χ2v) is 6.34. The van der Waals surface area contributed by atoms with Crippen molar-refractivity contribution < 1.29 is 0 Å². The maximum absolute atomic E-state index is 4.58. The third kappa shape index (κ3) is 2.90. The van der Waals surface area contributed by atoms with Gasteiger partial charge in [0, 0.05) is 15.9 Å². The number of hydrogen-bond donors (Lipinski definition) is 2. The molecule has 0 spiro atoms. The molecule has 0 saturated heterocycles. The molecule has 3 rings (SSSR count). The molecule has 0 amide bonds. The zero-order valence-electron chi connectivity index (χ0n) is 11.0. The molecule has 0 radical (unpaired) electrons. The van der Waals surface area contributed by atoms with E-state index in [1.807, 2.05) is 31.3 Å². The fraction of sp³-hybridized carbons (Fsp3) is 0.133. The molecule has 0 saturated carbocycles. The van der Waals surface area contributed by atoms with Gasteiger partial charge in [-0.2, -0.15) is 0 Å². The lowest BCUT2D eigenvalue weighted by atomic mass is 10.2. The number of aromatic nitrogens is 2. The highest BCUT2D eigenvalue weighted by atomic mass is 79.9. The van der Waals surface area contributed by atoms with Crippen LogP contribution in [0.15, 0.2) is 57.0 Å². The molecule has 20 heavy (non-hydrogen) atoms. The number of halogens is 1. The van der Waals surface area contributed by atoms with Gasteiger partial charge in [-0.15, -0.1) is 0 Å². The van der Waals surface area contributed by atoms with Crippen LogP contribution in [-0.4, -0.2) is 17.0 Å². The monoisotopic (exact) mass is 347 g/mol. The minimum Gasteiger partial charge on any atom is -0.333 e. The van der Waals surface area contributed by atoms with E-state index in [9.17, 15) is 0 Å². The molecule has 1 aromatic heterocycles. The summed E-state index contributed by atoms with van der Waals surface area (Å²) in [4.78, 5) is 9.07. The average molecular weight is 348 g/mol. The summed E-state index contributed by atoms with van der Waals surface area (Å²) in [6.45, 7) is 0.869. The van der Waals surface area contributed by atoms with Crippen LogP contribution in [0.4, 0.5) is 0 Å². The Bertz CT molecular complexity index is 706. The van der Waals surface area contributed by atoms with E-state index in [0.717, 1.165) is 32.1 Å². The highest BCUT2D eigenvalue weighted by Gasteiger charge is 2.07. The Balaban J connectivity index is 1.86. The first-order chi connectivity index (χ1) is 9.76. The largest absolute Gasteiger partial charge is 0.333 e. The van der Waals surface area contributed by atoms with Gasteiger partial charge in [-0.3, -0.25) is 0 Å². The second-order valence-electron chi connectivity index (χ2n) is 4.46. The van der Waals surface area contributed by atoms with Crippen molar-refractivity contribution in [1.82, 2.24) is 15.3 Å². The van der Waals surface area contributed by atoms with E-state index >= 15 is 0 Å². The van der Waals surface area contributed by atoms with Crippen LogP contribution < -0.4 is 5.32 Å². The van der Waals surface area contributed by atoms with Crippen molar-refractivity contribution in [1.29, 1.82) is 0 Å². The molecule has 1 heterocycles. The first kappa shape index (κ1) is 13.7. The minimum atomic E-state index is 0.869. The smallest absolute Gasteiger partial charge is 0.171 e. The van der Waals surface area contributed by atoms with E-state index < -0.39 is 0 Å². The fourth-order valence-corrected chi connectivity index (χ4v) is 3.50. The van der Waals surface area contributed by atoms with Crippen molar-refractivity contribution in [2.75, 3.05) is 7.05 Å². The summed E-state index contributed by atoms with van der Waals surface area (Å²) >= 11 is 5.26. The summed E-state index contributed by atoms with van der Waals surface area (Å²) in [5.74, 6) is 0. The number of para-hydroxylation sites is 2. The molecule has 3 nitrogen and oxygen atoms in total. The molecular formula is C15H14BrN3S. The summed E-state index contributed by atoms with van der Waals surface area (Å²) in [5, 5.41) is 4.06. The molecule has 2 aromatic carbocycles. The molecule has 0 fully saturated rings. The number of rotatable bonds is 4. The molecule has 0 aliphatic heterocycles. The lowest BCUT2D eigenvalue weighted by Gasteiger charge is -2.05. The van der Waals surface area contributed by atoms with Gasteiger partial charge in [0.1, 0.15) is 0 Å². The summed E-state index contributed by atoms with van der Waals surface area (Å²) in [6, 6.07) is 14.5. The first-order valence-electron chi connectivity index (χ1n) is 6.32. The molecule has 5 heteroatoms.